The Morgan fingerprint density at radius 2 is 1.60 bits per heavy atom. The first-order chi connectivity index (χ1) is 14.7. The first kappa shape index (κ1) is 18.3. The lowest BCUT2D eigenvalue weighted by Crippen LogP contribution is -2.13. The molecule has 0 spiro atoms. The fourth-order valence-electron chi connectivity index (χ4n) is 3.46. The van der Waals surface area contributed by atoms with Crippen LogP contribution in [0.5, 0.6) is 11.5 Å². The van der Waals surface area contributed by atoms with Crippen molar-refractivity contribution in [3.05, 3.63) is 101 Å². The average molecular weight is 410 g/mol. The third-order valence-electron chi connectivity index (χ3n) is 4.99. The lowest BCUT2D eigenvalue weighted by atomic mass is 10.1. The fourth-order valence-corrected chi connectivity index (χ4v) is 4.61. The minimum Gasteiger partial charge on any atom is -0.457 e. The van der Waals surface area contributed by atoms with E-state index in [1.807, 2.05) is 66.2 Å². The van der Waals surface area contributed by atoms with Gasteiger partial charge in [-0.3, -0.25) is 4.79 Å². The molecule has 0 bridgehead atoms. The molecule has 0 saturated carbocycles. The van der Waals surface area contributed by atoms with E-state index >= 15 is 0 Å². The van der Waals surface area contributed by atoms with Gasteiger partial charge in [0.15, 0.2) is 4.80 Å². The zero-order valence-corrected chi connectivity index (χ0v) is 17.1. The van der Waals surface area contributed by atoms with Crippen LogP contribution in [0.3, 0.4) is 0 Å². The summed E-state index contributed by atoms with van der Waals surface area (Å²) in [5.41, 5.74) is 1.49. The van der Waals surface area contributed by atoms with Gasteiger partial charge < -0.3 is 9.30 Å². The Balaban J connectivity index is 1.59. The summed E-state index contributed by atoms with van der Waals surface area (Å²) in [4.78, 5) is 18.2. The van der Waals surface area contributed by atoms with Gasteiger partial charge >= 0.3 is 0 Å². The van der Waals surface area contributed by atoms with E-state index in [1.54, 1.807) is 12.1 Å². The molecule has 0 aliphatic carbocycles. The summed E-state index contributed by atoms with van der Waals surface area (Å²) in [5.74, 6) is 0.844. The highest BCUT2D eigenvalue weighted by molar-refractivity contribution is 7.17. The van der Waals surface area contributed by atoms with E-state index in [0.717, 1.165) is 15.6 Å². The maximum absolute atomic E-state index is 13.1. The van der Waals surface area contributed by atoms with Crippen LogP contribution in [0, 0.1) is 0 Å². The van der Waals surface area contributed by atoms with Gasteiger partial charge in [0, 0.05) is 12.4 Å². The van der Waals surface area contributed by atoms with Crippen molar-refractivity contribution in [3.8, 4) is 11.5 Å². The zero-order valence-electron chi connectivity index (χ0n) is 16.3. The van der Waals surface area contributed by atoms with E-state index < -0.39 is 0 Å². The maximum Gasteiger partial charge on any atom is 0.283 e. The molecule has 5 aromatic rings. The molecule has 146 valence electrons. The molecule has 0 saturated heterocycles. The van der Waals surface area contributed by atoms with Crippen molar-refractivity contribution in [1.82, 2.24) is 4.57 Å². The van der Waals surface area contributed by atoms with E-state index in [4.69, 9.17) is 4.74 Å². The molecule has 0 atom stereocenters. The van der Waals surface area contributed by atoms with Gasteiger partial charge in [0.1, 0.15) is 11.5 Å². The number of thiazole rings is 1. The Morgan fingerprint density at radius 3 is 2.47 bits per heavy atom. The summed E-state index contributed by atoms with van der Waals surface area (Å²) in [5, 5.41) is 2.34. The first-order valence-corrected chi connectivity index (χ1v) is 10.4. The second-order valence-corrected chi connectivity index (χ2v) is 7.88. The molecule has 4 aromatic carbocycles. The van der Waals surface area contributed by atoms with Gasteiger partial charge in [0.05, 0.1) is 15.8 Å². The molecule has 5 heteroatoms. The molecular formula is C25H18N2O2S. The number of carbonyl (C=O) groups excluding carboxylic acids is 1. The van der Waals surface area contributed by atoms with E-state index in [9.17, 15) is 4.79 Å². The molecule has 0 N–H and O–H groups in total. The SMILES string of the molecule is Cn1c(=NC(=O)c2ccccc2Oc2ccccc2)sc2c3ccccc3ccc21. The Labute approximate surface area is 177 Å². The normalized spacial score (nSPS) is 11.8. The quantitative estimate of drug-likeness (QED) is 0.370. The molecule has 1 amide bonds. The highest BCUT2D eigenvalue weighted by Crippen LogP contribution is 2.28. The lowest BCUT2D eigenvalue weighted by Gasteiger charge is -2.08. The minimum atomic E-state index is -0.326. The number of fused-ring (bicyclic) bond motifs is 3. The predicted octanol–water partition coefficient (Wildman–Crippen LogP) is 5.93. The number of aryl methyl sites for hydroxylation is 1. The van der Waals surface area contributed by atoms with Crippen LogP contribution in [0.1, 0.15) is 10.4 Å². The first-order valence-electron chi connectivity index (χ1n) is 9.59. The number of hydrogen-bond donors (Lipinski definition) is 0. The molecule has 30 heavy (non-hydrogen) atoms. The van der Waals surface area contributed by atoms with Crippen molar-refractivity contribution >= 4 is 38.2 Å². The van der Waals surface area contributed by atoms with Gasteiger partial charge in [0.2, 0.25) is 0 Å². The number of carbonyl (C=O) groups is 1. The van der Waals surface area contributed by atoms with E-state index in [1.165, 1.54) is 16.7 Å². The summed E-state index contributed by atoms with van der Waals surface area (Å²) < 4.78 is 9.02. The van der Waals surface area contributed by atoms with Crippen molar-refractivity contribution in [2.45, 2.75) is 0 Å². The molecule has 4 nitrogen and oxygen atoms in total. The molecule has 0 unspecified atom stereocenters. The summed E-state index contributed by atoms with van der Waals surface area (Å²) in [7, 11) is 1.94. The Morgan fingerprint density at radius 1 is 0.867 bits per heavy atom. The number of rotatable bonds is 3. The van der Waals surface area contributed by atoms with Gasteiger partial charge in [-0.15, -0.1) is 0 Å². The molecule has 1 aromatic heterocycles. The highest BCUT2D eigenvalue weighted by atomic mass is 32.1. The minimum absolute atomic E-state index is 0.326. The largest absolute Gasteiger partial charge is 0.457 e. The third kappa shape index (κ3) is 3.29. The van der Waals surface area contributed by atoms with Crippen LogP contribution < -0.4 is 9.54 Å². The maximum atomic E-state index is 13.1. The topological polar surface area (TPSA) is 43.6 Å². The Hall–Kier alpha value is -3.70. The summed E-state index contributed by atoms with van der Waals surface area (Å²) in [6.45, 7) is 0. The van der Waals surface area contributed by atoms with Crippen LogP contribution in [0.2, 0.25) is 0 Å². The summed E-state index contributed by atoms with van der Waals surface area (Å²) in [6, 6.07) is 29.0. The smallest absolute Gasteiger partial charge is 0.283 e. The standard InChI is InChI=1S/C25H18N2O2S/c1-27-21-16-15-17-9-5-6-12-19(17)23(21)30-25(27)26-24(28)20-13-7-8-14-22(20)29-18-10-3-2-4-11-18/h2-16H,1H3. The lowest BCUT2D eigenvalue weighted by molar-refractivity contribution is 0.0995. The van der Waals surface area contributed by atoms with Gasteiger partial charge in [0.25, 0.3) is 5.91 Å². The van der Waals surface area contributed by atoms with Gasteiger partial charge in [-0.1, -0.05) is 72.0 Å². The van der Waals surface area contributed by atoms with Gasteiger partial charge in [-0.05, 0) is 35.7 Å². The number of amides is 1. The number of benzene rings is 4. The molecule has 0 aliphatic heterocycles. The predicted molar refractivity (Wildman–Crippen MR) is 121 cm³/mol. The number of hydrogen-bond acceptors (Lipinski definition) is 3. The van der Waals surface area contributed by atoms with Crippen molar-refractivity contribution < 1.29 is 9.53 Å². The second kappa shape index (κ2) is 7.61. The van der Waals surface area contributed by atoms with Crippen LogP contribution in [0.4, 0.5) is 0 Å². The van der Waals surface area contributed by atoms with Gasteiger partial charge in [-0.25, -0.2) is 0 Å². The van der Waals surface area contributed by atoms with Crippen LogP contribution in [0.15, 0.2) is 96.0 Å². The fraction of sp³-hybridized carbons (Fsp3) is 0.0400. The highest BCUT2D eigenvalue weighted by Gasteiger charge is 2.14. The third-order valence-corrected chi connectivity index (χ3v) is 6.17. The van der Waals surface area contributed by atoms with Gasteiger partial charge in [-0.2, -0.15) is 4.99 Å². The molecule has 0 radical (unpaired) electrons. The monoisotopic (exact) mass is 410 g/mol. The molecule has 1 heterocycles. The molecule has 0 aliphatic rings. The number of nitrogens with zero attached hydrogens (tertiary/aromatic N) is 2. The van der Waals surface area contributed by atoms with Crippen molar-refractivity contribution in [2.24, 2.45) is 12.0 Å². The van der Waals surface area contributed by atoms with Crippen LogP contribution in [0.25, 0.3) is 21.0 Å². The summed E-state index contributed by atoms with van der Waals surface area (Å²) in [6.07, 6.45) is 0. The average Bonchev–Trinajstić information content (AvgIpc) is 3.10. The number of aromatic nitrogens is 1. The second-order valence-electron chi connectivity index (χ2n) is 6.91. The van der Waals surface area contributed by atoms with E-state index in [-0.39, 0.29) is 5.91 Å². The van der Waals surface area contributed by atoms with Crippen molar-refractivity contribution in [3.63, 3.8) is 0 Å². The van der Waals surface area contributed by atoms with Crippen LogP contribution in [-0.2, 0) is 7.05 Å². The number of ether oxygens (including phenoxy) is 1. The van der Waals surface area contributed by atoms with Crippen LogP contribution >= 0.6 is 11.3 Å². The summed E-state index contributed by atoms with van der Waals surface area (Å²) >= 11 is 1.52. The Bertz CT molecular complexity index is 1450. The van der Waals surface area contributed by atoms with Crippen molar-refractivity contribution in [1.29, 1.82) is 0 Å². The van der Waals surface area contributed by atoms with E-state index in [2.05, 4.69) is 29.3 Å². The molecule has 0 fully saturated rings. The number of para-hydroxylation sites is 2. The molecular weight excluding hydrogens is 392 g/mol. The van der Waals surface area contributed by atoms with E-state index in [0.29, 0.717) is 21.9 Å². The van der Waals surface area contributed by atoms with Crippen LogP contribution in [-0.4, -0.2) is 10.5 Å². The zero-order chi connectivity index (χ0) is 20.5. The molecule has 5 rings (SSSR count). The Kier molecular flexibility index (Phi) is 4.65. The van der Waals surface area contributed by atoms with Crippen molar-refractivity contribution in [2.75, 3.05) is 0 Å².